The van der Waals surface area contributed by atoms with Gasteiger partial charge in [-0.25, -0.2) is 4.79 Å². The van der Waals surface area contributed by atoms with Gasteiger partial charge in [0.05, 0.1) is 0 Å². The third kappa shape index (κ3) is 2.79. The lowest BCUT2D eigenvalue weighted by molar-refractivity contribution is -0.148. The normalized spacial score (nSPS) is 33.0. The third-order valence-corrected chi connectivity index (χ3v) is 4.12. The number of carboxylic acids is 1. The zero-order valence-electron chi connectivity index (χ0n) is 10.4. The summed E-state index contributed by atoms with van der Waals surface area (Å²) >= 11 is 0. The van der Waals surface area contributed by atoms with Crippen LogP contribution in [0.25, 0.3) is 0 Å². The number of hydrogen-bond donors (Lipinski definition) is 1. The summed E-state index contributed by atoms with van der Waals surface area (Å²) in [6.45, 7) is 2.85. The van der Waals surface area contributed by atoms with Crippen LogP contribution in [0.15, 0.2) is 0 Å². The molecule has 1 saturated carbocycles. The minimum atomic E-state index is -0.851. The number of likely N-dealkylation sites (tertiary alicyclic amines) is 1. The largest absolute Gasteiger partial charge is 0.480 e. The Bertz CT molecular complexity index is 316. The molecule has 3 atom stereocenters. The van der Waals surface area contributed by atoms with Crippen LogP contribution in [0.1, 0.15) is 45.4 Å². The van der Waals surface area contributed by atoms with Crippen molar-refractivity contribution >= 4 is 11.9 Å². The predicted molar refractivity (Wildman–Crippen MR) is 63.5 cm³/mol. The quantitative estimate of drug-likeness (QED) is 0.818. The van der Waals surface area contributed by atoms with E-state index >= 15 is 0 Å². The maximum atomic E-state index is 12.1. The van der Waals surface area contributed by atoms with Crippen molar-refractivity contribution < 1.29 is 14.7 Å². The van der Waals surface area contributed by atoms with Gasteiger partial charge in [0.15, 0.2) is 0 Å². The van der Waals surface area contributed by atoms with E-state index in [0.29, 0.717) is 25.3 Å². The van der Waals surface area contributed by atoms with Crippen molar-refractivity contribution in [2.45, 2.75) is 51.5 Å². The number of amides is 1. The Morgan fingerprint density at radius 1 is 1.29 bits per heavy atom. The second-order valence-corrected chi connectivity index (χ2v) is 5.57. The summed E-state index contributed by atoms with van der Waals surface area (Å²) in [7, 11) is 0. The molecule has 0 bridgehead atoms. The van der Waals surface area contributed by atoms with Crippen molar-refractivity contribution in [3.63, 3.8) is 0 Å². The van der Waals surface area contributed by atoms with Crippen LogP contribution in [0.4, 0.5) is 0 Å². The van der Waals surface area contributed by atoms with Gasteiger partial charge in [-0.05, 0) is 37.5 Å². The Balaban J connectivity index is 1.89. The summed E-state index contributed by atoms with van der Waals surface area (Å²) in [6, 6.07) is -0.568. The molecule has 0 aromatic rings. The van der Waals surface area contributed by atoms with Gasteiger partial charge in [-0.3, -0.25) is 4.79 Å². The number of hydrogen-bond acceptors (Lipinski definition) is 2. The van der Waals surface area contributed by atoms with Crippen LogP contribution >= 0.6 is 0 Å². The molecule has 1 heterocycles. The Labute approximate surface area is 102 Å². The second kappa shape index (κ2) is 5.07. The second-order valence-electron chi connectivity index (χ2n) is 5.57. The van der Waals surface area contributed by atoms with Crippen LogP contribution in [-0.4, -0.2) is 34.5 Å². The highest BCUT2D eigenvalue weighted by Crippen LogP contribution is 2.33. The Kier molecular flexibility index (Phi) is 3.69. The van der Waals surface area contributed by atoms with Crippen LogP contribution in [0.2, 0.25) is 0 Å². The summed E-state index contributed by atoms with van der Waals surface area (Å²) in [5.74, 6) is 0.402. The van der Waals surface area contributed by atoms with Gasteiger partial charge < -0.3 is 10.0 Å². The van der Waals surface area contributed by atoms with E-state index in [1.165, 1.54) is 6.42 Å². The summed E-state index contributed by atoms with van der Waals surface area (Å²) in [4.78, 5) is 24.7. The highest BCUT2D eigenvalue weighted by Gasteiger charge is 2.35. The lowest BCUT2D eigenvalue weighted by atomic mass is 10.0. The minimum Gasteiger partial charge on any atom is -0.480 e. The first-order valence-corrected chi connectivity index (χ1v) is 6.60. The van der Waals surface area contributed by atoms with E-state index in [1.54, 1.807) is 4.90 Å². The van der Waals surface area contributed by atoms with E-state index in [4.69, 9.17) is 5.11 Å². The van der Waals surface area contributed by atoms with E-state index in [-0.39, 0.29) is 5.91 Å². The molecular formula is C13H21NO3. The highest BCUT2D eigenvalue weighted by molar-refractivity contribution is 5.84. The zero-order valence-corrected chi connectivity index (χ0v) is 10.4. The molecule has 17 heavy (non-hydrogen) atoms. The molecule has 2 unspecified atom stereocenters. The summed E-state index contributed by atoms with van der Waals surface area (Å²) in [6.07, 6.45) is 5.44. The third-order valence-electron chi connectivity index (χ3n) is 4.12. The maximum absolute atomic E-state index is 12.1. The molecule has 4 heteroatoms. The zero-order chi connectivity index (χ0) is 12.4. The van der Waals surface area contributed by atoms with Gasteiger partial charge in [0.1, 0.15) is 6.04 Å². The number of nitrogens with zero attached hydrogens (tertiary/aromatic N) is 1. The number of carboxylic acid groups (broad SMARTS) is 1. The monoisotopic (exact) mass is 239 g/mol. The van der Waals surface area contributed by atoms with Crippen molar-refractivity contribution in [2.75, 3.05) is 6.54 Å². The molecule has 1 amide bonds. The predicted octanol–water partition coefficient (Wildman–Crippen LogP) is 1.89. The standard InChI is InChI=1S/C13H21NO3/c1-9-4-5-10(7-9)8-12(15)14-6-2-3-11(14)13(16)17/h9-11H,2-8H2,1H3,(H,16,17)/t9?,10?,11-/m1/s1. The van der Waals surface area contributed by atoms with Crippen LogP contribution in [0.5, 0.6) is 0 Å². The number of rotatable bonds is 3. The molecule has 1 aliphatic heterocycles. The van der Waals surface area contributed by atoms with Gasteiger partial charge in [-0.15, -0.1) is 0 Å². The van der Waals surface area contributed by atoms with E-state index in [9.17, 15) is 9.59 Å². The first-order chi connectivity index (χ1) is 8.08. The molecule has 2 fully saturated rings. The van der Waals surface area contributed by atoms with Gasteiger partial charge in [0.25, 0.3) is 0 Å². The topological polar surface area (TPSA) is 57.6 Å². The van der Waals surface area contributed by atoms with E-state index in [2.05, 4.69) is 6.92 Å². The minimum absolute atomic E-state index is 0.0500. The SMILES string of the molecule is CC1CCC(CC(=O)N2CCC[C@@H]2C(=O)O)C1. The van der Waals surface area contributed by atoms with Gasteiger partial charge >= 0.3 is 5.97 Å². The van der Waals surface area contributed by atoms with Crippen LogP contribution in [-0.2, 0) is 9.59 Å². The number of carbonyl (C=O) groups excluding carboxylic acids is 1. The number of carbonyl (C=O) groups is 2. The van der Waals surface area contributed by atoms with Crippen molar-refractivity contribution in [1.29, 1.82) is 0 Å². The van der Waals surface area contributed by atoms with Crippen molar-refractivity contribution in [1.82, 2.24) is 4.90 Å². The molecule has 0 aromatic heterocycles. The summed E-state index contributed by atoms with van der Waals surface area (Å²) in [5.41, 5.74) is 0. The molecule has 96 valence electrons. The van der Waals surface area contributed by atoms with Crippen LogP contribution in [0, 0.1) is 11.8 Å². The molecule has 4 nitrogen and oxygen atoms in total. The van der Waals surface area contributed by atoms with E-state index in [0.717, 1.165) is 25.2 Å². The van der Waals surface area contributed by atoms with Gasteiger partial charge in [0.2, 0.25) is 5.91 Å². The average molecular weight is 239 g/mol. The van der Waals surface area contributed by atoms with E-state index in [1.807, 2.05) is 0 Å². The van der Waals surface area contributed by atoms with Crippen molar-refractivity contribution in [3.8, 4) is 0 Å². The molecule has 2 aliphatic rings. The highest BCUT2D eigenvalue weighted by atomic mass is 16.4. The van der Waals surface area contributed by atoms with Gasteiger partial charge in [-0.1, -0.05) is 13.3 Å². The molecule has 0 spiro atoms. The molecule has 1 N–H and O–H groups in total. The van der Waals surface area contributed by atoms with Crippen LogP contribution in [0.3, 0.4) is 0 Å². The lowest BCUT2D eigenvalue weighted by Crippen LogP contribution is -2.40. The molecular weight excluding hydrogens is 218 g/mol. The Morgan fingerprint density at radius 2 is 2.06 bits per heavy atom. The van der Waals surface area contributed by atoms with Crippen molar-refractivity contribution in [2.24, 2.45) is 11.8 Å². The average Bonchev–Trinajstić information content (AvgIpc) is 2.86. The van der Waals surface area contributed by atoms with Gasteiger partial charge in [-0.2, -0.15) is 0 Å². The summed E-state index contributed by atoms with van der Waals surface area (Å²) < 4.78 is 0. The maximum Gasteiger partial charge on any atom is 0.326 e. The van der Waals surface area contributed by atoms with E-state index < -0.39 is 12.0 Å². The smallest absolute Gasteiger partial charge is 0.326 e. The number of aliphatic carboxylic acids is 1. The molecule has 0 aromatic carbocycles. The fraction of sp³-hybridized carbons (Fsp3) is 0.846. The first-order valence-electron chi connectivity index (χ1n) is 6.60. The fourth-order valence-corrected chi connectivity index (χ4v) is 3.20. The van der Waals surface area contributed by atoms with Crippen LogP contribution < -0.4 is 0 Å². The van der Waals surface area contributed by atoms with Gasteiger partial charge in [0, 0.05) is 13.0 Å². The fourth-order valence-electron chi connectivity index (χ4n) is 3.20. The van der Waals surface area contributed by atoms with Crippen molar-refractivity contribution in [3.05, 3.63) is 0 Å². The molecule has 1 aliphatic carbocycles. The Hall–Kier alpha value is -1.06. The molecule has 0 radical (unpaired) electrons. The molecule has 2 rings (SSSR count). The Morgan fingerprint density at radius 3 is 2.65 bits per heavy atom. The molecule has 1 saturated heterocycles. The summed E-state index contributed by atoms with van der Waals surface area (Å²) in [5, 5.41) is 9.04. The first kappa shape index (κ1) is 12.4. The lowest BCUT2D eigenvalue weighted by Gasteiger charge is -2.23.